The van der Waals surface area contributed by atoms with Crippen LogP contribution < -0.4 is 0 Å². The third-order valence-corrected chi connectivity index (χ3v) is 13.7. The topological polar surface area (TPSA) is 13.1 Å². The molecule has 10 aromatic carbocycles. The van der Waals surface area contributed by atoms with E-state index in [1.165, 1.54) is 72.3 Å². The zero-order valence-electron chi connectivity index (χ0n) is 35.4. The number of hydrogen-bond acceptors (Lipinski definition) is 1. The first-order chi connectivity index (χ1) is 31.7. The van der Waals surface area contributed by atoms with Crippen molar-refractivity contribution in [3.05, 3.63) is 288 Å². The second-order valence-electron chi connectivity index (χ2n) is 17.1. The van der Waals surface area contributed by atoms with Gasteiger partial charge in [0, 0.05) is 22.3 Å². The second-order valence-corrected chi connectivity index (χ2v) is 17.1. The maximum Gasteiger partial charge on any atom is 0.143 e. The van der Waals surface area contributed by atoms with Gasteiger partial charge in [0.2, 0.25) is 0 Å². The van der Waals surface area contributed by atoms with E-state index >= 15 is 0 Å². The number of hydrogen-bond donors (Lipinski definition) is 0. The Morgan fingerprint density at radius 2 is 0.828 bits per heavy atom. The molecule has 1 aromatic heterocycles. The molecule has 0 fully saturated rings. The van der Waals surface area contributed by atoms with Crippen LogP contribution in [0.2, 0.25) is 0 Å². The number of fused-ring (bicyclic) bond motifs is 6. The highest BCUT2D eigenvalue weighted by molar-refractivity contribution is 6.09. The summed E-state index contributed by atoms with van der Waals surface area (Å²) in [6.45, 7) is 0. The van der Waals surface area contributed by atoms with E-state index in [1.807, 2.05) is 6.07 Å². The van der Waals surface area contributed by atoms with E-state index in [9.17, 15) is 0 Å². The standard InChI is InChI=1S/C63H44O/c1-4-16-43(17-5-1)45-30-34-48(35-31-45)58(49-36-32-46(33-37-49)44-18-6-2-7-19-44)42-50-20-14-26-56-54-23-10-12-28-59(54)63(61(50)56,51-21-8-3-9-22-51)52-40-38-47(39-41-52)53-25-15-27-57-55-24-11-13-29-60(55)64-62(53)57/h1-41,58H,42H2. The van der Waals surface area contributed by atoms with E-state index in [4.69, 9.17) is 4.42 Å². The smallest absolute Gasteiger partial charge is 0.143 e. The Morgan fingerprint density at radius 3 is 1.50 bits per heavy atom. The molecule has 0 radical (unpaired) electrons. The van der Waals surface area contributed by atoms with Crippen LogP contribution in [0, 0.1) is 0 Å². The Kier molecular flexibility index (Phi) is 9.27. The van der Waals surface area contributed by atoms with Gasteiger partial charge in [-0.2, -0.15) is 0 Å². The van der Waals surface area contributed by atoms with Gasteiger partial charge in [0.1, 0.15) is 11.2 Å². The molecule has 0 bridgehead atoms. The van der Waals surface area contributed by atoms with Crippen LogP contribution in [-0.2, 0) is 11.8 Å². The SMILES string of the molecule is c1ccc(-c2ccc(C(Cc3cccc4c3C(c3ccccc3)(c3ccc(-c5cccc6c5oc5ccccc56)cc3)c3ccccc3-4)c3ccc(-c4ccccc4)cc3)cc2)cc1. The fourth-order valence-corrected chi connectivity index (χ4v) is 10.7. The molecule has 64 heavy (non-hydrogen) atoms. The van der Waals surface area contributed by atoms with Crippen LogP contribution >= 0.6 is 0 Å². The molecule has 302 valence electrons. The highest BCUT2D eigenvalue weighted by Crippen LogP contribution is 2.58. The minimum atomic E-state index is -0.563. The molecule has 1 aliphatic carbocycles. The van der Waals surface area contributed by atoms with Crippen molar-refractivity contribution in [2.24, 2.45) is 0 Å². The Balaban J connectivity index is 1.03. The molecule has 0 aliphatic heterocycles. The highest BCUT2D eigenvalue weighted by Gasteiger charge is 2.47. The van der Waals surface area contributed by atoms with E-state index in [1.54, 1.807) is 0 Å². The average Bonchev–Trinajstić information content (AvgIpc) is 3.91. The van der Waals surface area contributed by atoms with Gasteiger partial charge in [0.25, 0.3) is 0 Å². The van der Waals surface area contributed by atoms with Gasteiger partial charge in [0.05, 0.1) is 5.41 Å². The first-order valence-corrected chi connectivity index (χ1v) is 22.3. The van der Waals surface area contributed by atoms with E-state index in [0.717, 1.165) is 39.5 Å². The molecule has 0 saturated heterocycles. The Labute approximate surface area is 374 Å². The second kappa shape index (κ2) is 15.7. The third-order valence-electron chi connectivity index (χ3n) is 13.7. The van der Waals surface area contributed by atoms with Crippen molar-refractivity contribution in [1.82, 2.24) is 0 Å². The summed E-state index contributed by atoms with van der Waals surface area (Å²) in [6.07, 6.45) is 0.827. The van der Waals surface area contributed by atoms with Gasteiger partial charge >= 0.3 is 0 Å². The number of benzene rings is 10. The molecule has 12 rings (SSSR count). The molecule has 1 atom stereocenters. The van der Waals surface area contributed by atoms with Gasteiger partial charge in [-0.25, -0.2) is 0 Å². The molecule has 1 aliphatic rings. The van der Waals surface area contributed by atoms with Crippen molar-refractivity contribution in [2.75, 3.05) is 0 Å². The zero-order chi connectivity index (χ0) is 42.5. The first kappa shape index (κ1) is 37.7. The fraction of sp³-hybridized carbons (Fsp3) is 0.0476. The van der Waals surface area contributed by atoms with E-state index < -0.39 is 5.41 Å². The maximum atomic E-state index is 6.53. The first-order valence-electron chi connectivity index (χ1n) is 22.3. The molecule has 0 saturated carbocycles. The van der Waals surface area contributed by atoms with Crippen molar-refractivity contribution in [3.63, 3.8) is 0 Å². The van der Waals surface area contributed by atoms with Crippen LogP contribution in [0.1, 0.15) is 44.9 Å². The summed E-state index contributed by atoms with van der Waals surface area (Å²) >= 11 is 0. The fourth-order valence-electron chi connectivity index (χ4n) is 10.7. The van der Waals surface area contributed by atoms with Gasteiger partial charge in [-0.15, -0.1) is 0 Å². The molecular formula is C63H44O. The molecule has 1 unspecified atom stereocenters. The van der Waals surface area contributed by atoms with Crippen molar-refractivity contribution in [2.45, 2.75) is 17.8 Å². The molecule has 0 amide bonds. The summed E-state index contributed by atoms with van der Waals surface area (Å²) in [7, 11) is 0. The lowest BCUT2D eigenvalue weighted by atomic mass is 9.65. The van der Waals surface area contributed by atoms with E-state index in [2.05, 4.69) is 243 Å². The monoisotopic (exact) mass is 816 g/mol. The molecule has 1 heteroatoms. The van der Waals surface area contributed by atoms with Crippen LogP contribution in [-0.4, -0.2) is 0 Å². The largest absolute Gasteiger partial charge is 0.455 e. The minimum absolute atomic E-state index is 0.102. The molecule has 1 heterocycles. The van der Waals surface area contributed by atoms with Crippen LogP contribution in [0.3, 0.4) is 0 Å². The van der Waals surface area contributed by atoms with Crippen LogP contribution in [0.4, 0.5) is 0 Å². The van der Waals surface area contributed by atoms with Crippen molar-refractivity contribution in [1.29, 1.82) is 0 Å². The molecule has 0 N–H and O–H groups in total. The van der Waals surface area contributed by atoms with Gasteiger partial charge in [-0.05, 0) is 90.4 Å². The Hall–Kier alpha value is -8.00. The zero-order valence-corrected chi connectivity index (χ0v) is 35.4. The molecule has 11 aromatic rings. The summed E-state index contributed by atoms with van der Waals surface area (Å²) in [6, 6.07) is 91.4. The summed E-state index contributed by atoms with van der Waals surface area (Å²) in [5.41, 5.74) is 20.1. The predicted octanol–water partition coefficient (Wildman–Crippen LogP) is 16.3. The Morgan fingerprint density at radius 1 is 0.344 bits per heavy atom. The van der Waals surface area contributed by atoms with E-state index in [0.29, 0.717) is 0 Å². The molecular weight excluding hydrogens is 773 g/mol. The number of rotatable bonds is 9. The van der Waals surface area contributed by atoms with Crippen LogP contribution in [0.5, 0.6) is 0 Å². The van der Waals surface area contributed by atoms with Crippen molar-refractivity contribution >= 4 is 21.9 Å². The minimum Gasteiger partial charge on any atom is -0.455 e. The summed E-state index contributed by atoms with van der Waals surface area (Å²) in [5, 5.41) is 2.28. The molecule has 1 nitrogen and oxygen atoms in total. The highest BCUT2D eigenvalue weighted by atomic mass is 16.3. The molecule has 0 spiro atoms. The van der Waals surface area contributed by atoms with Gasteiger partial charge in [-0.3, -0.25) is 0 Å². The number of furan rings is 1. The summed E-state index contributed by atoms with van der Waals surface area (Å²) in [5.74, 6) is 0.102. The van der Waals surface area contributed by atoms with Gasteiger partial charge in [0.15, 0.2) is 0 Å². The summed E-state index contributed by atoms with van der Waals surface area (Å²) < 4.78 is 6.53. The third kappa shape index (κ3) is 6.23. The van der Waals surface area contributed by atoms with Crippen LogP contribution in [0.25, 0.3) is 66.4 Å². The van der Waals surface area contributed by atoms with Crippen LogP contribution in [0.15, 0.2) is 253 Å². The van der Waals surface area contributed by atoms with Gasteiger partial charge < -0.3 is 4.42 Å². The average molecular weight is 817 g/mol. The lowest BCUT2D eigenvalue weighted by Gasteiger charge is -2.36. The number of para-hydroxylation sites is 2. The predicted molar refractivity (Wildman–Crippen MR) is 266 cm³/mol. The lowest BCUT2D eigenvalue weighted by molar-refractivity contribution is 0.670. The summed E-state index contributed by atoms with van der Waals surface area (Å²) in [4.78, 5) is 0. The van der Waals surface area contributed by atoms with E-state index in [-0.39, 0.29) is 5.92 Å². The van der Waals surface area contributed by atoms with Crippen molar-refractivity contribution < 1.29 is 4.42 Å². The van der Waals surface area contributed by atoms with Crippen molar-refractivity contribution in [3.8, 4) is 44.5 Å². The lowest BCUT2D eigenvalue weighted by Crippen LogP contribution is -2.30. The van der Waals surface area contributed by atoms with Gasteiger partial charge in [-0.1, -0.05) is 243 Å². The Bertz CT molecular complexity index is 3340. The normalized spacial score (nSPS) is 14.2. The maximum absolute atomic E-state index is 6.53. The quantitative estimate of drug-likeness (QED) is 0.141.